The molecule has 1 rings (SSSR count). The van der Waals surface area contributed by atoms with E-state index >= 15 is 0 Å². The summed E-state index contributed by atoms with van der Waals surface area (Å²) in [6, 6.07) is 0.127. The molecule has 0 aromatic carbocycles. The van der Waals surface area contributed by atoms with Gasteiger partial charge in [-0.25, -0.2) is 0 Å². The molecular weight excluding hydrogens is 182 g/mol. The van der Waals surface area contributed by atoms with Crippen LogP contribution in [-0.4, -0.2) is 16.9 Å². The number of aromatic nitrogens is 1. The van der Waals surface area contributed by atoms with Gasteiger partial charge in [0.05, 0.1) is 5.69 Å². The fraction of sp³-hybridized carbons (Fsp3) is 0.556. The first-order valence-corrected chi connectivity index (χ1v) is 4.59. The van der Waals surface area contributed by atoms with Crippen LogP contribution in [0.1, 0.15) is 25.5 Å². The first-order valence-electron chi connectivity index (χ1n) is 4.59. The van der Waals surface area contributed by atoms with Gasteiger partial charge in [-0.05, 0) is 13.3 Å². The van der Waals surface area contributed by atoms with E-state index in [0.717, 1.165) is 12.1 Å². The molecule has 1 amide bonds. The molecule has 0 aliphatic carbocycles. The fourth-order valence-corrected chi connectivity index (χ4v) is 0.964. The Hall–Kier alpha value is -1.36. The van der Waals surface area contributed by atoms with E-state index in [2.05, 4.69) is 10.3 Å². The molecule has 0 spiro atoms. The normalized spacial score (nSPS) is 12.5. The van der Waals surface area contributed by atoms with Gasteiger partial charge in [-0.2, -0.15) is 4.98 Å². The second kappa shape index (κ2) is 4.76. The highest BCUT2D eigenvalue weighted by Crippen LogP contribution is 2.06. The van der Waals surface area contributed by atoms with Crippen molar-refractivity contribution in [2.45, 2.75) is 32.7 Å². The van der Waals surface area contributed by atoms with E-state index in [1.807, 2.05) is 6.92 Å². The molecule has 14 heavy (non-hydrogen) atoms. The third-order valence-electron chi connectivity index (χ3n) is 1.84. The van der Waals surface area contributed by atoms with Gasteiger partial charge in [0, 0.05) is 12.5 Å². The SMILES string of the molecule is CCC(N)CC(=O)Nc1nc(C)co1. The monoisotopic (exact) mass is 197 g/mol. The molecular formula is C9H15N3O2. The summed E-state index contributed by atoms with van der Waals surface area (Å²) in [7, 11) is 0. The second-order valence-electron chi connectivity index (χ2n) is 3.21. The molecule has 1 unspecified atom stereocenters. The van der Waals surface area contributed by atoms with E-state index in [-0.39, 0.29) is 24.4 Å². The van der Waals surface area contributed by atoms with Crippen LogP contribution in [-0.2, 0) is 4.79 Å². The lowest BCUT2D eigenvalue weighted by atomic mass is 10.2. The highest BCUT2D eigenvalue weighted by molar-refractivity contribution is 5.88. The van der Waals surface area contributed by atoms with Gasteiger partial charge in [0.25, 0.3) is 0 Å². The van der Waals surface area contributed by atoms with E-state index in [0.29, 0.717) is 0 Å². The summed E-state index contributed by atoms with van der Waals surface area (Å²) in [5.74, 6) is -0.166. The van der Waals surface area contributed by atoms with Crippen molar-refractivity contribution in [1.82, 2.24) is 4.98 Å². The number of nitrogens with two attached hydrogens (primary N) is 1. The van der Waals surface area contributed by atoms with Gasteiger partial charge in [0.15, 0.2) is 0 Å². The predicted octanol–water partition coefficient (Wildman–Crippen LogP) is 1.05. The number of carbonyl (C=O) groups excluding carboxylic acids is 1. The lowest BCUT2D eigenvalue weighted by Gasteiger charge is -2.06. The predicted molar refractivity (Wildman–Crippen MR) is 52.8 cm³/mol. The van der Waals surface area contributed by atoms with Gasteiger partial charge in [0.2, 0.25) is 5.91 Å². The molecule has 1 aromatic heterocycles. The summed E-state index contributed by atoms with van der Waals surface area (Å²) in [6.45, 7) is 3.73. The molecule has 78 valence electrons. The van der Waals surface area contributed by atoms with Gasteiger partial charge >= 0.3 is 6.01 Å². The Labute approximate surface area is 82.7 Å². The maximum Gasteiger partial charge on any atom is 0.301 e. The summed E-state index contributed by atoms with van der Waals surface area (Å²) in [5, 5.41) is 2.53. The molecule has 5 nitrogen and oxygen atoms in total. The van der Waals surface area contributed by atoms with Crippen molar-refractivity contribution < 1.29 is 9.21 Å². The smallest absolute Gasteiger partial charge is 0.301 e. The molecule has 0 fully saturated rings. The average molecular weight is 197 g/mol. The lowest BCUT2D eigenvalue weighted by molar-refractivity contribution is -0.116. The highest BCUT2D eigenvalue weighted by atomic mass is 16.4. The molecule has 0 aliphatic heterocycles. The van der Waals surface area contributed by atoms with Crippen LogP contribution in [0.5, 0.6) is 0 Å². The summed E-state index contributed by atoms with van der Waals surface area (Å²) in [4.78, 5) is 15.2. The summed E-state index contributed by atoms with van der Waals surface area (Å²) < 4.78 is 4.97. The minimum Gasteiger partial charge on any atom is -0.432 e. The van der Waals surface area contributed by atoms with Crippen LogP contribution in [0.2, 0.25) is 0 Å². The van der Waals surface area contributed by atoms with Crippen LogP contribution in [0.15, 0.2) is 10.7 Å². The second-order valence-corrected chi connectivity index (χ2v) is 3.21. The molecule has 0 aliphatic rings. The molecule has 0 saturated heterocycles. The molecule has 0 bridgehead atoms. The average Bonchev–Trinajstić information content (AvgIpc) is 2.50. The van der Waals surface area contributed by atoms with Crippen LogP contribution in [0.3, 0.4) is 0 Å². The molecule has 1 heterocycles. The van der Waals surface area contributed by atoms with Crippen LogP contribution >= 0.6 is 0 Å². The number of rotatable bonds is 4. The molecule has 5 heteroatoms. The van der Waals surface area contributed by atoms with Crippen molar-refractivity contribution in [2.24, 2.45) is 5.73 Å². The Morgan fingerprint density at radius 2 is 2.50 bits per heavy atom. The first kappa shape index (κ1) is 10.7. The van der Waals surface area contributed by atoms with E-state index in [4.69, 9.17) is 10.2 Å². The van der Waals surface area contributed by atoms with Gasteiger partial charge in [-0.3, -0.25) is 10.1 Å². The molecule has 0 radical (unpaired) electrons. The largest absolute Gasteiger partial charge is 0.432 e. The minimum atomic E-state index is -0.166. The summed E-state index contributed by atoms with van der Waals surface area (Å²) >= 11 is 0. The summed E-state index contributed by atoms with van der Waals surface area (Å²) in [5.41, 5.74) is 6.36. The quantitative estimate of drug-likeness (QED) is 0.755. The van der Waals surface area contributed by atoms with Gasteiger partial charge in [-0.1, -0.05) is 6.92 Å². The van der Waals surface area contributed by atoms with E-state index < -0.39 is 0 Å². The number of anilines is 1. The van der Waals surface area contributed by atoms with E-state index in [1.165, 1.54) is 6.26 Å². The number of amides is 1. The Morgan fingerprint density at radius 1 is 1.79 bits per heavy atom. The standard InChI is InChI=1S/C9H15N3O2/c1-3-7(10)4-8(13)12-9-11-6(2)5-14-9/h5,7H,3-4,10H2,1-2H3,(H,11,12,13). The lowest BCUT2D eigenvalue weighted by Crippen LogP contribution is -2.26. The zero-order chi connectivity index (χ0) is 10.6. The molecule has 3 N–H and O–H groups in total. The van der Waals surface area contributed by atoms with Crippen molar-refractivity contribution in [1.29, 1.82) is 0 Å². The van der Waals surface area contributed by atoms with Crippen LogP contribution in [0.4, 0.5) is 6.01 Å². The van der Waals surface area contributed by atoms with Crippen LogP contribution in [0, 0.1) is 6.92 Å². The third-order valence-corrected chi connectivity index (χ3v) is 1.84. The first-order chi connectivity index (χ1) is 6.61. The topological polar surface area (TPSA) is 81.2 Å². The summed E-state index contributed by atoms with van der Waals surface area (Å²) in [6.07, 6.45) is 2.55. The van der Waals surface area contributed by atoms with Gasteiger partial charge in [-0.15, -0.1) is 0 Å². The maximum absolute atomic E-state index is 11.3. The van der Waals surface area contributed by atoms with E-state index in [9.17, 15) is 4.79 Å². The Morgan fingerprint density at radius 3 is 3.00 bits per heavy atom. The Balaban J connectivity index is 2.41. The van der Waals surface area contributed by atoms with Crippen LogP contribution in [0.25, 0.3) is 0 Å². The fourth-order valence-electron chi connectivity index (χ4n) is 0.964. The Bertz CT molecular complexity index is 309. The van der Waals surface area contributed by atoms with Crippen molar-refractivity contribution in [3.63, 3.8) is 0 Å². The number of oxazole rings is 1. The molecule has 1 atom stereocenters. The third kappa shape index (κ3) is 3.18. The van der Waals surface area contributed by atoms with E-state index in [1.54, 1.807) is 6.92 Å². The Kier molecular flexibility index (Phi) is 3.64. The maximum atomic E-state index is 11.3. The van der Waals surface area contributed by atoms with Crippen molar-refractivity contribution >= 4 is 11.9 Å². The highest BCUT2D eigenvalue weighted by Gasteiger charge is 2.10. The van der Waals surface area contributed by atoms with Crippen LogP contribution < -0.4 is 11.1 Å². The number of nitrogens with zero attached hydrogens (tertiary/aromatic N) is 1. The molecule has 1 aromatic rings. The van der Waals surface area contributed by atoms with Gasteiger partial charge in [0.1, 0.15) is 6.26 Å². The molecule has 0 saturated carbocycles. The van der Waals surface area contributed by atoms with Crippen molar-refractivity contribution in [3.05, 3.63) is 12.0 Å². The zero-order valence-corrected chi connectivity index (χ0v) is 8.41. The number of aryl methyl sites for hydroxylation is 1. The number of hydrogen-bond acceptors (Lipinski definition) is 4. The number of carbonyl (C=O) groups is 1. The number of nitrogens with one attached hydrogen (secondary N) is 1. The number of hydrogen-bond donors (Lipinski definition) is 2. The van der Waals surface area contributed by atoms with Crippen molar-refractivity contribution in [2.75, 3.05) is 5.32 Å². The van der Waals surface area contributed by atoms with Gasteiger partial charge < -0.3 is 10.2 Å². The zero-order valence-electron chi connectivity index (χ0n) is 8.41. The van der Waals surface area contributed by atoms with Crippen molar-refractivity contribution in [3.8, 4) is 0 Å². The minimum absolute atomic E-state index is 0.106.